The number of ether oxygens (including phenoxy) is 5. The zero-order chi connectivity index (χ0) is 45.4. The maximum atomic E-state index is 15.7. The molecule has 0 radical (unpaired) electrons. The van der Waals surface area contributed by atoms with Crippen molar-refractivity contribution >= 4 is 32.2 Å². The molecule has 0 bridgehead atoms. The summed E-state index contributed by atoms with van der Waals surface area (Å²) in [4.78, 5) is 53.4. The van der Waals surface area contributed by atoms with Gasteiger partial charge in [0.2, 0.25) is 0 Å². The van der Waals surface area contributed by atoms with Crippen molar-refractivity contribution in [3.05, 3.63) is 161 Å². The van der Waals surface area contributed by atoms with Gasteiger partial charge in [0, 0.05) is 20.9 Å². The van der Waals surface area contributed by atoms with Crippen LogP contribution >= 0.6 is 0 Å². The Kier molecular flexibility index (Phi) is 17.0. The molecule has 11 nitrogen and oxygen atoms in total. The molecule has 0 aromatic heterocycles. The minimum Gasteiger partial charge on any atom is -0.489 e. The summed E-state index contributed by atoms with van der Waals surface area (Å²) in [7, 11) is -1.56. The molecule has 2 amide bonds. The number of esters is 2. The molecule has 0 aliphatic heterocycles. The third-order valence-electron chi connectivity index (χ3n) is 9.61. The van der Waals surface area contributed by atoms with E-state index in [1.807, 2.05) is 78.9 Å². The van der Waals surface area contributed by atoms with Gasteiger partial charge in [0.15, 0.2) is 0 Å². The van der Waals surface area contributed by atoms with E-state index in [0.29, 0.717) is 22.4 Å². The number of carbonyl (C=O) groups is 4. The van der Waals surface area contributed by atoms with Crippen molar-refractivity contribution < 1.29 is 47.3 Å². The van der Waals surface area contributed by atoms with E-state index in [2.05, 4.69) is 30.3 Å². The molecule has 2 atom stereocenters. The summed E-state index contributed by atoms with van der Waals surface area (Å²) >= 11 is 0. The van der Waals surface area contributed by atoms with Crippen LogP contribution in [0.1, 0.15) is 48.6 Å². The van der Waals surface area contributed by atoms with E-state index in [0.717, 1.165) is 22.7 Å². The maximum Gasteiger partial charge on any atom is 0.408 e. The smallest absolute Gasteiger partial charge is 0.408 e. The molecule has 5 aromatic rings. The SMILES string of the molecule is CC(C)(C)OC(=O)N[C@@H](Cc1cc(-c2ccc(OCc3ccccc3)c(C[C@H](NC(=O)OCc3ccccc3)C(=O)OCC[Si](C)(C)C)c2)ccc1F)C(=O)OCc1ccccc1. The fourth-order valence-corrected chi connectivity index (χ4v) is 6.99. The van der Waals surface area contributed by atoms with E-state index in [4.69, 9.17) is 23.7 Å². The van der Waals surface area contributed by atoms with E-state index in [1.165, 1.54) is 6.07 Å². The molecule has 0 fully saturated rings. The van der Waals surface area contributed by atoms with Crippen LogP contribution in [0, 0.1) is 5.82 Å². The number of rotatable bonds is 19. The van der Waals surface area contributed by atoms with Crippen LogP contribution in [0.2, 0.25) is 25.7 Å². The number of alkyl carbamates (subject to hydrolysis) is 2. The van der Waals surface area contributed by atoms with Crippen molar-refractivity contribution in [3.63, 3.8) is 0 Å². The van der Waals surface area contributed by atoms with Gasteiger partial charge in [0.05, 0.1) is 6.61 Å². The molecule has 0 aliphatic rings. The highest BCUT2D eigenvalue weighted by Gasteiger charge is 2.29. The first-order chi connectivity index (χ1) is 30.0. The first kappa shape index (κ1) is 47.6. The van der Waals surface area contributed by atoms with Gasteiger partial charge in [-0.05, 0) is 90.0 Å². The second-order valence-electron chi connectivity index (χ2n) is 17.3. The molecule has 0 spiro atoms. The average molecular weight is 877 g/mol. The summed E-state index contributed by atoms with van der Waals surface area (Å²) in [6, 6.07) is 35.9. The van der Waals surface area contributed by atoms with Crippen molar-refractivity contribution in [3.8, 4) is 16.9 Å². The second kappa shape index (κ2) is 22.6. The number of hydrogen-bond donors (Lipinski definition) is 2. The van der Waals surface area contributed by atoms with Gasteiger partial charge in [-0.15, -0.1) is 0 Å². The lowest BCUT2D eigenvalue weighted by Gasteiger charge is -2.23. The standard InChI is InChI=1S/C50H57FN2O9Si/c1-50(2,3)62-49(57)53-43(47(55)60-33-36-18-12-8-13-19-36)30-40-28-38(22-24-42(40)51)39-23-25-45(59-32-35-16-10-7-11-17-35)41(29-39)31-44(46(54)58-26-27-63(4,5)6)52-48(56)61-34-37-20-14-9-15-21-37/h7-25,28-29,43-44H,26-27,30-34H2,1-6H3,(H,52,56)(H,53,57)/t43-,44-/m0/s1. The highest BCUT2D eigenvalue weighted by molar-refractivity contribution is 6.76. The third-order valence-corrected chi connectivity index (χ3v) is 11.3. The Morgan fingerprint density at radius 3 is 1.62 bits per heavy atom. The molecule has 5 aromatic carbocycles. The molecular formula is C50H57FN2O9Si. The molecular weight excluding hydrogens is 820 g/mol. The largest absolute Gasteiger partial charge is 0.489 e. The predicted octanol–water partition coefficient (Wildman–Crippen LogP) is 9.97. The number of hydrogen-bond acceptors (Lipinski definition) is 9. The first-order valence-electron chi connectivity index (χ1n) is 20.9. The summed E-state index contributed by atoms with van der Waals surface area (Å²) in [5, 5.41) is 5.30. The maximum absolute atomic E-state index is 15.7. The molecule has 0 unspecified atom stereocenters. The lowest BCUT2D eigenvalue weighted by Crippen LogP contribution is -2.45. The minimum absolute atomic E-state index is 0.00319. The van der Waals surface area contributed by atoms with Crippen molar-refractivity contribution in [2.24, 2.45) is 0 Å². The first-order valence-corrected chi connectivity index (χ1v) is 24.6. The Balaban J connectivity index is 1.45. The lowest BCUT2D eigenvalue weighted by atomic mass is 9.95. The number of nitrogens with one attached hydrogen (secondary N) is 2. The second-order valence-corrected chi connectivity index (χ2v) is 23.0. The number of amides is 2. The van der Waals surface area contributed by atoms with Gasteiger partial charge in [-0.2, -0.15) is 0 Å². The number of carbonyl (C=O) groups excluding carboxylic acids is 4. The zero-order valence-corrected chi connectivity index (χ0v) is 37.8. The van der Waals surface area contributed by atoms with Crippen molar-refractivity contribution in [1.82, 2.24) is 10.6 Å². The van der Waals surface area contributed by atoms with E-state index in [9.17, 15) is 19.2 Å². The van der Waals surface area contributed by atoms with Gasteiger partial charge in [0.1, 0.15) is 49.1 Å². The van der Waals surface area contributed by atoms with Gasteiger partial charge in [-0.25, -0.2) is 23.6 Å². The van der Waals surface area contributed by atoms with Crippen LogP contribution in [0.3, 0.4) is 0 Å². The lowest BCUT2D eigenvalue weighted by molar-refractivity contribution is -0.147. The molecule has 0 saturated heterocycles. The molecule has 0 heterocycles. The van der Waals surface area contributed by atoms with Crippen molar-refractivity contribution in [2.45, 2.75) is 96.8 Å². The van der Waals surface area contributed by atoms with Gasteiger partial charge >= 0.3 is 24.1 Å². The van der Waals surface area contributed by atoms with Crippen LogP contribution in [0.4, 0.5) is 14.0 Å². The van der Waals surface area contributed by atoms with E-state index in [1.54, 1.807) is 63.2 Å². The monoisotopic (exact) mass is 876 g/mol. The fourth-order valence-electron chi connectivity index (χ4n) is 6.28. The van der Waals surface area contributed by atoms with Crippen LogP contribution in [0.25, 0.3) is 11.1 Å². The highest BCUT2D eigenvalue weighted by atomic mass is 28.3. The molecule has 2 N–H and O–H groups in total. The topological polar surface area (TPSA) is 138 Å². The third kappa shape index (κ3) is 16.4. The zero-order valence-electron chi connectivity index (χ0n) is 36.8. The van der Waals surface area contributed by atoms with Gasteiger partial charge < -0.3 is 34.3 Å². The Labute approximate surface area is 370 Å². The molecule has 0 saturated carbocycles. The molecule has 13 heteroatoms. The minimum atomic E-state index is -1.56. The number of halogens is 1. The molecule has 0 aliphatic carbocycles. The normalized spacial score (nSPS) is 12.3. The van der Waals surface area contributed by atoms with Crippen LogP contribution in [0.5, 0.6) is 5.75 Å². The van der Waals surface area contributed by atoms with Crippen LogP contribution < -0.4 is 15.4 Å². The molecule has 332 valence electrons. The Hall–Kier alpha value is -6.47. The van der Waals surface area contributed by atoms with Gasteiger partial charge in [0.25, 0.3) is 0 Å². The highest BCUT2D eigenvalue weighted by Crippen LogP contribution is 2.31. The Morgan fingerprint density at radius 1 is 0.587 bits per heavy atom. The van der Waals surface area contributed by atoms with Crippen molar-refractivity contribution in [2.75, 3.05) is 6.61 Å². The molecule has 5 rings (SSSR count). The fraction of sp³-hybridized carbons (Fsp3) is 0.320. The Bertz CT molecular complexity index is 2280. The van der Waals surface area contributed by atoms with Crippen LogP contribution in [0.15, 0.2) is 127 Å². The van der Waals surface area contributed by atoms with E-state index >= 15 is 4.39 Å². The Morgan fingerprint density at radius 2 is 1.06 bits per heavy atom. The van der Waals surface area contributed by atoms with Gasteiger partial charge in [-0.3, -0.25) is 0 Å². The number of benzene rings is 5. The predicted molar refractivity (Wildman–Crippen MR) is 242 cm³/mol. The summed E-state index contributed by atoms with van der Waals surface area (Å²) in [5.41, 5.74) is 3.45. The molecule has 63 heavy (non-hydrogen) atoms. The van der Waals surface area contributed by atoms with E-state index in [-0.39, 0.29) is 44.8 Å². The summed E-state index contributed by atoms with van der Waals surface area (Å²) in [5.74, 6) is -1.55. The van der Waals surface area contributed by atoms with Gasteiger partial charge in [-0.1, -0.05) is 123 Å². The van der Waals surface area contributed by atoms with E-state index < -0.39 is 55.7 Å². The average Bonchev–Trinajstić information content (AvgIpc) is 3.24. The van der Waals surface area contributed by atoms with Crippen LogP contribution in [-0.4, -0.2) is 56.5 Å². The summed E-state index contributed by atoms with van der Waals surface area (Å²) in [6.45, 7) is 12.0. The summed E-state index contributed by atoms with van der Waals surface area (Å²) in [6.07, 6.45) is -1.94. The van der Waals surface area contributed by atoms with Crippen molar-refractivity contribution in [1.29, 1.82) is 0 Å². The summed E-state index contributed by atoms with van der Waals surface area (Å²) < 4.78 is 44.3. The van der Waals surface area contributed by atoms with Crippen LogP contribution in [-0.2, 0) is 61.2 Å². The quantitative estimate of drug-likeness (QED) is 0.0472.